The Morgan fingerprint density at radius 2 is 1.68 bits per heavy atom. The minimum absolute atomic E-state index is 0.0331. The molecule has 0 saturated carbocycles. The third-order valence-electron chi connectivity index (χ3n) is 5.78. The van der Waals surface area contributed by atoms with Crippen LogP contribution in [0.1, 0.15) is 29.5 Å². The van der Waals surface area contributed by atoms with Gasteiger partial charge in [-0.2, -0.15) is 0 Å². The van der Waals surface area contributed by atoms with Gasteiger partial charge in [-0.1, -0.05) is 42.5 Å². The summed E-state index contributed by atoms with van der Waals surface area (Å²) in [7, 11) is 0. The van der Waals surface area contributed by atoms with Gasteiger partial charge in [-0.3, -0.25) is 9.59 Å². The molecule has 0 fully saturated rings. The summed E-state index contributed by atoms with van der Waals surface area (Å²) in [5.41, 5.74) is 5.23. The van der Waals surface area contributed by atoms with Crippen LogP contribution in [0.25, 0.3) is 0 Å². The zero-order valence-electron chi connectivity index (χ0n) is 19.1. The predicted octanol–water partition coefficient (Wildman–Crippen LogP) is 4.85. The zero-order chi connectivity index (χ0) is 23.9. The second kappa shape index (κ2) is 10.7. The molecule has 0 saturated heterocycles. The van der Waals surface area contributed by atoms with Crippen LogP contribution in [0.15, 0.2) is 72.8 Å². The van der Waals surface area contributed by atoms with E-state index in [9.17, 15) is 14.4 Å². The highest BCUT2D eigenvalue weighted by molar-refractivity contribution is 5.99. The van der Waals surface area contributed by atoms with Crippen LogP contribution in [0.5, 0.6) is 0 Å². The first-order valence-electron chi connectivity index (χ1n) is 11.4. The van der Waals surface area contributed by atoms with Crippen LogP contribution < -0.4 is 21.3 Å². The summed E-state index contributed by atoms with van der Waals surface area (Å²) in [5.74, 6) is -0.350. The number of hydrogen-bond donors (Lipinski definition) is 4. The quantitative estimate of drug-likeness (QED) is 0.409. The monoisotopic (exact) mass is 456 g/mol. The van der Waals surface area contributed by atoms with Crippen LogP contribution in [0.3, 0.4) is 0 Å². The van der Waals surface area contributed by atoms with E-state index in [-0.39, 0.29) is 30.2 Å². The predicted molar refractivity (Wildman–Crippen MR) is 134 cm³/mol. The molecule has 7 heteroatoms. The molecule has 3 aromatic carbocycles. The van der Waals surface area contributed by atoms with E-state index in [1.54, 1.807) is 6.07 Å². The number of nitrogens with one attached hydrogen (secondary N) is 4. The highest BCUT2D eigenvalue weighted by Crippen LogP contribution is 2.27. The molecule has 1 heterocycles. The van der Waals surface area contributed by atoms with E-state index in [0.29, 0.717) is 25.1 Å². The fourth-order valence-electron chi connectivity index (χ4n) is 4.02. The van der Waals surface area contributed by atoms with E-state index in [0.717, 1.165) is 28.1 Å². The number of para-hydroxylation sites is 1. The molecule has 174 valence electrons. The van der Waals surface area contributed by atoms with Crippen LogP contribution in [-0.2, 0) is 22.6 Å². The minimum atomic E-state index is -0.334. The summed E-state index contributed by atoms with van der Waals surface area (Å²) >= 11 is 0. The smallest absolute Gasteiger partial charge is 0.323 e. The van der Waals surface area contributed by atoms with Crippen LogP contribution in [0.4, 0.5) is 21.9 Å². The lowest BCUT2D eigenvalue weighted by Crippen LogP contribution is -2.31. The van der Waals surface area contributed by atoms with Crippen molar-refractivity contribution < 1.29 is 14.4 Å². The highest BCUT2D eigenvalue weighted by Gasteiger charge is 2.26. The van der Waals surface area contributed by atoms with Gasteiger partial charge in [0.15, 0.2) is 0 Å². The number of hydrogen-bond acceptors (Lipinski definition) is 3. The van der Waals surface area contributed by atoms with Crippen molar-refractivity contribution in [2.24, 2.45) is 5.92 Å². The number of aryl methyl sites for hydroxylation is 1. The molecule has 1 unspecified atom stereocenters. The topological polar surface area (TPSA) is 99.3 Å². The lowest BCUT2D eigenvalue weighted by molar-refractivity contribution is -0.122. The van der Waals surface area contributed by atoms with Gasteiger partial charge < -0.3 is 21.3 Å². The Kier molecular flexibility index (Phi) is 7.22. The summed E-state index contributed by atoms with van der Waals surface area (Å²) in [6, 6.07) is 22.3. The molecular weight excluding hydrogens is 428 g/mol. The van der Waals surface area contributed by atoms with Gasteiger partial charge >= 0.3 is 6.03 Å². The van der Waals surface area contributed by atoms with Gasteiger partial charge in [0.05, 0.1) is 0 Å². The van der Waals surface area contributed by atoms with Crippen LogP contribution in [0.2, 0.25) is 0 Å². The Hall–Kier alpha value is -4.13. The number of carbonyl (C=O) groups excluding carboxylic acids is 3. The van der Waals surface area contributed by atoms with Gasteiger partial charge in [-0.25, -0.2) is 4.79 Å². The number of amides is 4. The molecule has 0 spiro atoms. The van der Waals surface area contributed by atoms with Gasteiger partial charge in [0.2, 0.25) is 11.8 Å². The van der Waals surface area contributed by atoms with Crippen molar-refractivity contribution in [3.63, 3.8) is 0 Å². The normalized spacial score (nSPS) is 14.5. The first-order chi connectivity index (χ1) is 16.5. The number of urea groups is 1. The maximum Gasteiger partial charge on any atom is 0.323 e. The lowest BCUT2D eigenvalue weighted by Gasteiger charge is -2.24. The molecule has 0 bridgehead atoms. The van der Waals surface area contributed by atoms with Gasteiger partial charge in [0.25, 0.3) is 0 Å². The number of fused-ring (bicyclic) bond motifs is 1. The molecule has 0 radical (unpaired) electrons. The van der Waals surface area contributed by atoms with Gasteiger partial charge in [0.1, 0.15) is 0 Å². The van der Waals surface area contributed by atoms with Crippen molar-refractivity contribution in [1.29, 1.82) is 0 Å². The van der Waals surface area contributed by atoms with Crippen molar-refractivity contribution in [2.45, 2.75) is 32.7 Å². The van der Waals surface area contributed by atoms with Gasteiger partial charge in [-0.05, 0) is 66.8 Å². The molecule has 1 atom stereocenters. The number of benzene rings is 3. The van der Waals surface area contributed by atoms with Crippen molar-refractivity contribution in [1.82, 2.24) is 5.32 Å². The second-order valence-corrected chi connectivity index (χ2v) is 8.51. The first-order valence-corrected chi connectivity index (χ1v) is 11.4. The Morgan fingerprint density at radius 3 is 2.47 bits per heavy atom. The molecule has 0 aliphatic carbocycles. The van der Waals surface area contributed by atoms with Crippen molar-refractivity contribution in [3.05, 3.63) is 89.5 Å². The Labute approximate surface area is 199 Å². The van der Waals surface area contributed by atoms with Gasteiger partial charge in [-0.15, -0.1) is 0 Å². The Balaban J connectivity index is 1.24. The van der Waals surface area contributed by atoms with Crippen LogP contribution >= 0.6 is 0 Å². The van der Waals surface area contributed by atoms with E-state index in [1.165, 1.54) is 0 Å². The van der Waals surface area contributed by atoms with E-state index in [1.807, 2.05) is 73.7 Å². The summed E-state index contributed by atoms with van der Waals surface area (Å²) in [6.45, 7) is 2.30. The Bertz CT molecular complexity index is 1210. The molecule has 34 heavy (non-hydrogen) atoms. The third kappa shape index (κ3) is 6.22. The molecule has 3 aromatic rings. The summed E-state index contributed by atoms with van der Waals surface area (Å²) < 4.78 is 0. The molecule has 0 aromatic heterocycles. The van der Waals surface area contributed by atoms with Crippen molar-refractivity contribution in [2.75, 3.05) is 16.0 Å². The average Bonchev–Trinajstić information content (AvgIpc) is 2.81. The van der Waals surface area contributed by atoms with E-state index < -0.39 is 0 Å². The highest BCUT2D eigenvalue weighted by atomic mass is 16.2. The maximum atomic E-state index is 12.4. The molecule has 1 aliphatic heterocycles. The lowest BCUT2D eigenvalue weighted by atomic mass is 9.89. The van der Waals surface area contributed by atoms with Crippen LogP contribution in [0, 0.1) is 12.8 Å². The standard InChI is InChI=1S/C27H28N4O3/c1-18-6-4-9-22(14-18)29-27(34)30-23-10-5-7-19(15-23)17-28-25(32)13-12-21-16-20-8-2-3-11-24(20)31-26(21)33/h2-11,14-15,21H,12-13,16-17H2,1H3,(H,28,32)(H,31,33)(H2,29,30,34). The van der Waals surface area contributed by atoms with Crippen molar-refractivity contribution >= 4 is 34.9 Å². The molecular formula is C27H28N4O3. The van der Waals surface area contributed by atoms with E-state index in [4.69, 9.17) is 0 Å². The Morgan fingerprint density at radius 1 is 0.941 bits per heavy atom. The summed E-state index contributed by atoms with van der Waals surface area (Å²) in [5, 5.41) is 11.4. The molecule has 4 amide bonds. The zero-order valence-corrected chi connectivity index (χ0v) is 19.1. The molecule has 7 nitrogen and oxygen atoms in total. The second-order valence-electron chi connectivity index (χ2n) is 8.51. The van der Waals surface area contributed by atoms with E-state index in [2.05, 4.69) is 21.3 Å². The van der Waals surface area contributed by atoms with Gasteiger partial charge in [0, 0.05) is 35.9 Å². The molecule has 4 N–H and O–H groups in total. The van der Waals surface area contributed by atoms with Crippen LogP contribution in [-0.4, -0.2) is 17.8 Å². The number of carbonyl (C=O) groups is 3. The first kappa shape index (κ1) is 23.0. The molecule has 1 aliphatic rings. The fraction of sp³-hybridized carbons (Fsp3) is 0.222. The fourth-order valence-corrected chi connectivity index (χ4v) is 4.02. The summed E-state index contributed by atoms with van der Waals surface area (Å²) in [6.07, 6.45) is 1.41. The molecule has 4 rings (SSSR count). The maximum absolute atomic E-state index is 12.4. The number of rotatable bonds is 7. The number of anilines is 3. The van der Waals surface area contributed by atoms with Crippen molar-refractivity contribution in [3.8, 4) is 0 Å². The van der Waals surface area contributed by atoms with E-state index >= 15 is 0 Å². The third-order valence-corrected chi connectivity index (χ3v) is 5.78. The summed E-state index contributed by atoms with van der Waals surface area (Å²) in [4.78, 5) is 37.0. The average molecular weight is 457 g/mol. The minimum Gasteiger partial charge on any atom is -0.352 e. The SMILES string of the molecule is Cc1cccc(NC(=O)Nc2cccc(CNC(=O)CCC3Cc4ccccc4NC3=O)c2)c1. The largest absolute Gasteiger partial charge is 0.352 e.